The van der Waals surface area contributed by atoms with E-state index in [0.29, 0.717) is 10.7 Å². The Morgan fingerprint density at radius 1 is 1.23 bits per heavy atom. The lowest BCUT2D eigenvalue weighted by atomic mass is 9.99. The molecule has 2 aromatic rings. The highest BCUT2D eigenvalue weighted by Crippen LogP contribution is 2.29. The lowest BCUT2D eigenvalue weighted by Gasteiger charge is -2.14. The number of hydrogen-bond donors (Lipinski definition) is 1. The third kappa shape index (κ3) is 2.95. The molecule has 1 aliphatic heterocycles. The highest BCUT2D eigenvalue weighted by Gasteiger charge is 2.35. The molecule has 6 heteroatoms. The number of Topliss-reactive ketones (excluding diaryl/α,β-unsaturated/α-hetero) is 1. The van der Waals surface area contributed by atoms with Crippen molar-refractivity contribution >= 4 is 23.1 Å². The summed E-state index contributed by atoms with van der Waals surface area (Å²) >= 11 is 5.86. The van der Waals surface area contributed by atoms with Crippen LogP contribution in [0.4, 0.5) is 0 Å². The van der Waals surface area contributed by atoms with Crippen LogP contribution in [-0.2, 0) is 11.2 Å². The van der Waals surface area contributed by atoms with Crippen molar-refractivity contribution in [3.8, 4) is 0 Å². The van der Waals surface area contributed by atoms with E-state index >= 15 is 0 Å². The molecular formula is C16H13ClN4O. The molecule has 0 spiro atoms. The summed E-state index contributed by atoms with van der Waals surface area (Å²) in [5, 5.41) is 8.61. The molecule has 5 nitrogen and oxygen atoms in total. The van der Waals surface area contributed by atoms with Gasteiger partial charge in [-0.3, -0.25) is 15.5 Å². The standard InChI is InChI=1S/C16H13ClN4O/c17-13-5-3-12(4-6-13)14-9-16(18,21-20-14)15(22)8-11-2-1-7-19-10-11/h1-7,9-10H,8,18H2. The zero-order valence-corrected chi connectivity index (χ0v) is 12.4. The molecule has 0 bridgehead atoms. The van der Waals surface area contributed by atoms with Gasteiger partial charge in [-0.15, -0.1) is 0 Å². The number of benzene rings is 1. The van der Waals surface area contributed by atoms with Crippen LogP contribution in [0, 0.1) is 0 Å². The number of pyridine rings is 1. The van der Waals surface area contributed by atoms with Gasteiger partial charge in [0, 0.05) is 29.4 Å². The number of carbonyl (C=O) groups is 1. The highest BCUT2D eigenvalue weighted by atomic mass is 35.5. The number of hydrogen-bond acceptors (Lipinski definition) is 5. The van der Waals surface area contributed by atoms with Gasteiger partial charge in [-0.05, 0) is 29.8 Å². The minimum atomic E-state index is -1.43. The Hall–Kier alpha value is -2.37. The van der Waals surface area contributed by atoms with Gasteiger partial charge >= 0.3 is 0 Å². The number of aromatic nitrogens is 1. The maximum Gasteiger partial charge on any atom is 0.209 e. The molecule has 0 saturated carbocycles. The van der Waals surface area contributed by atoms with Gasteiger partial charge in [-0.1, -0.05) is 29.8 Å². The Balaban J connectivity index is 1.81. The van der Waals surface area contributed by atoms with Gasteiger partial charge in [0.2, 0.25) is 5.66 Å². The van der Waals surface area contributed by atoms with E-state index in [0.717, 1.165) is 11.1 Å². The van der Waals surface area contributed by atoms with E-state index in [1.165, 1.54) is 0 Å². The fourth-order valence-corrected chi connectivity index (χ4v) is 2.26. The summed E-state index contributed by atoms with van der Waals surface area (Å²) in [6, 6.07) is 10.7. The molecule has 3 rings (SSSR count). The number of azo groups is 1. The third-order valence-electron chi connectivity index (χ3n) is 3.35. The van der Waals surface area contributed by atoms with Crippen molar-refractivity contribution in [2.75, 3.05) is 0 Å². The average molecular weight is 313 g/mol. The Kier molecular flexibility index (Phi) is 3.83. The number of ketones is 1. The maximum absolute atomic E-state index is 12.4. The second-order valence-electron chi connectivity index (χ2n) is 5.02. The van der Waals surface area contributed by atoms with Crippen LogP contribution in [0.25, 0.3) is 5.70 Å². The lowest BCUT2D eigenvalue weighted by Crippen LogP contribution is -2.43. The Morgan fingerprint density at radius 3 is 2.68 bits per heavy atom. The first-order valence-electron chi connectivity index (χ1n) is 6.70. The molecule has 1 aliphatic rings. The van der Waals surface area contributed by atoms with Crippen molar-refractivity contribution in [2.45, 2.75) is 12.1 Å². The first kappa shape index (κ1) is 14.6. The fourth-order valence-electron chi connectivity index (χ4n) is 2.13. The van der Waals surface area contributed by atoms with E-state index < -0.39 is 5.66 Å². The van der Waals surface area contributed by atoms with Crippen LogP contribution < -0.4 is 5.73 Å². The molecule has 0 aliphatic carbocycles. The average Bonchev–Trinajstić information content (AvgIpc) is 2.93. The van der Waals surface area contributed by atoms with Gasteiger partial charge < -0.3 is 0 Å². The highest BCUT2D eigenvalue weighted by molar-refractivity contribution is 6.30. The summed E-state index contributed by atoms with van der Waals surface area (Å²) in [6.45, 7) is 0. The summed E-state index contributed by atoms with van der Waals surface area (Å²) in [5.74, 6) is -0.229. The summed E-state index contributed by atoms with van der Waals surface area (Å²) < 4.78 is 0. The zero-order valence-electron chi connectivity index (χ0n) is 11.6. The van der Waals surface area contributed by atoms with Crippen molar-refractivity contribution in [3.05, 3.63) is 71.0 Å². The SMILES string of the molecule is NC1(C(=O)Cc2cccnc2)C=C(c2ccc(Cl)cc2)N=N1. The molecule has 0 saturated heterocycles. The molecule has 2 heterocycles. The topological polar surface area (TPSA) is 80.7 Å². The summed E-state index contributed by atoms with van der Waals surface area (Å²) in [6.07, 6.45) is 5.03. The van der Waals surface area contributed by atoms with Crippen LogP contribution in [0.2, 0.25) is 5.02 Å². The number of carbonyl (C=O) groups excluding carboxylic acids is 1. The molecule has 1 aromatic carbocycles. The molecule has 1 atom stereocenters. The van der Waals surface area contributed by atoms with E-state index in [-0.39, 0.29) is 12.2 Å². The van der Waals surface area contributed by atoms with Gasteiger partial charge in [-0.25, -0.2) is 0 Å². The van der Waals surface area contributed by atoms with Crippen molar-refractivity contribution in [2.24, 2.45) is 16.0 Å². The smallest absolute Gasteiger partial charge is 0.209 e. The van der Waals surface area contributed by atoms with Crippen molar-refractivity contribution < 1.29 is 4.79 Å². The van der Waals surface area contributed by atoms with E-state index in [4.69, 9.17) is 17.3 Å². The minimum absolute atomic E-state index is 0.160. The lowest BCUT2D eigenvalue weighted by molar-refractivity contribution is -0.121. The second kappa shape index (κ2) is 5.79. The summed E-state index contributed by atoms with van der Waals surface area (Å²) in [4.78, 5) is 16.4. The van der Waals surface area contributed by atoms with Gasteiger partial charge in [-0.2, -0.15) is 10.2 Å². The molecule has 1 aromatic heterocycles. The van der Waals surface area contributed by atoms with Gasteiger partial charge in [0.25, 0.3) is 0 Å². The van der Waals surface area contributed by atoms with Crippen LogP contribution in [0.15, 0.2) is 65.1 Å². The van der Waals surface area contributed by atoms with Crippen molar-refractivity contribution in [1.82, 2.24) is 4.98 Å². The Morgan fingerprint density at radius 2 is 2.00 bits per heavy atom. The van der Waals surface area contributed by atoms with Crippen molar-refractivity contribution in [3.63, 3.8) is 0 Å². The van der Waals surface area contributed by atoms with Gasteiger partial charge in [0.1, 0.15) is 0 Å². The van der Waals surface area contributed by atoms with E-state index in [2.05, 4.69) is 15.2 Å². The molecule has 0 radical (unpaired) electrons. The zero-order chi connectivity index (χ0) is 15.6. The predicted molar refractivity (Wildman–Crippen MR) is 84.2 cm³/mol. The number of nitrogens with two attached hydrogens (primary N) is 1. The molecule has 22 heavy (non-hydrogen) atoms. The first-order valence-corrected chi connectivity index (χ1v) is 7.07. The molecule has 1 unspecified atom stereocenters. The first-order chi connectivity index (χ1) is 10.6. The van der Waals surface area contributed by atoms with Gasteiger partial charge in [0.15, 0.2) is 5.78 Å². The van der Waals surface area contributed by atoms with E-state index in [9.17, 15) is 4.79 Å². The second-order valence-corrected chi connectivity index (χ2v) is 5.46. The molecule has 2 N–H and O–H groups in total. The van der Waals surface area contributed by atoms with Crippen LogP contribution in [0.5, 0.6) is 0 Å². The number of nitrogens with zero attached hydrogens (tertiary/aromatic N) is 3. The monoisotopic (exact) mass is 312 g/mol. The third-order valence-corrected chi connectivity index (χ3v) is 3.61. The van der Waals surface area contributed by atoms with Crippen LogP contribution in [0.3, 0.4) is 0 Å². The predicted octanol–water partition coefficient (Wildman–Crippen LogP) is 3.01. The number of rotatable bonds is 4. The van der Waals surface area contributed by atoms with Crippen molar-refractivity contribution in [1.29, 1.82) is 0 Å². The normalized spacial score (nSPS) is 20.0. The van der Waals surface area contributed by atoms with Crippen LogP contribution >= 0.6 is 11.6 Å². The van der Waals surface area contributed by atoms with Gasteiger partial charge in [0.05, 0.1) is 5.70 Å². The van der Waals surface area contributed by atoms with Crippen LogP contribution in [0.1, 0.15) is 11.1 Å². The van der Waals surface area contributed by atoms with Crippen LogP contribution in [-0.4, -0.2) is 16.4 Å². The minimum Gasteiger partial charge on any atom is -0.296 e. The largest absolute Gasteiger partial charge is 0.296 e. The molecule has 0 amide bonds. The molecule has 110 valence electrons. The molecule has 0 fully saturated rings. The quantitative estimate of drug-likeness (QED) is 0.942. The van der Waals surface area contributed by atoms with E-state index in [1.807, 2.05) is 18.2 Å². The molecular weight excluding hydrogens is 300 g/mol. The fraction of sp³-hybridized carbons (Fsp3) is 0.125. The number of halogens is 1. The Bertz CT molecular complexity index is 755. The summed E-state index contributed by atoms with van der Waals surface area (Å²) in [7, 11) is 0. The van der Waals surface area contributed by atoms with E-state index in [1.54, 1.807) is 36.7 Å². The summed E-state index contributed by atoms with van der Waals surface area (Å²) in [5.41, 5.74) is 6.82. The maximum atomic E-state index is 12.4. The Labute approximate surface area is 132 Å².